The Hall–Kier alpha value is -0.820. The van der Waals surface area contributed by atoms with E-state index in [1.807, 2.05) is 0 Å². The molecule has 0 aromatic heterocycles. The molecule has 1 nitrogen and oxygen atoms in total. The van der Waals surface area contributed by atoms with Crippen molar-refractivity contribution in [3.63, 3.8) is 0 Å². The van der Waals surface area contributed by atoms with E-state index in [1.54, 1.807) is 0 Å². The molecule has 1 heteroatoms. The zero-order valence-electron chi connectivity index (χ0n) is 11.1. The monoisotopic (exact) mass is 219 g/mol. The number of aryl methyl sites for hydroxylation is 1. The van der Waals surface area contributed by atoms with E-state index in [4.69, 9.17) is 0 Å². The van der Waals surface area contributed by atoms with Crippen LogP contribution in [0.25, 0.3) is 0 Å². The van der Waals surface area contributed by atoms with Crippen LogP contribution in [0.2, 0.25) is 0 Å². The Morgan fingerprint density at radius 1 is 1.06 bits per heavy atom. The fourth-order valence-electron chi connectivity index (χ4n) is 1.93. The molecule has 16 heavy (non-hydrogen) atoms. The van der Waals surface area contributed by atoms with Crippen LogP contribution in [-0.2, 0) is 0 Å². The third-order valence-corrected chi connectivity index (χ3v) is 3.34. The molecule has 0 fully saturated rings. The third-order valence-electron chi connectivity index (χ3n) is 3.34. The summed E-state index contributed by atoms with van der Waals surface area (Å²) in [6, 6.07) is 9.56. The second kappa shape index (κ2) is 6.70. The van der Waals surface area contributed by atoms with Crippen LogP contribution in [0.15, 0.2) is 24.3 Å². The minimum atomic E-state index is 0.598. The zero-order valence-corrected chi connectivity index (χ0v) is 11.1. The quantitative estimate of drug-likeness (QED) is 0.765. The highest BCUT2D eigenvalue weighted by molar-refractivity contribution is 5.24. The first kappa shape index (κ1) is 13.2. The molecule has 0 bridgehead atoms. The van der Waals surface area contributed by atoms with Gasteiger partial charge in [0, 0.05) is 12.6 Å². The van der Waals surface area contributed by atoms with Gasteiger partial charge in [-0.25, -0.2) is 0 Å². The summed E-state index contributed by atoms with van der Waals surface area (Å²) in [6.07, 6.45) is 2.44. The van der Waals surface area contributed by atoms with Gasteiger partial charge in [0.1, 0.15) is 0 Å². The van der Waals surface area contributed by atoms with Crippen molar-refractivity contribution >= 4 is 0 Å². The van der Waals surface area contributed by atoms with Crippen LogP contribution in [0.5, 0.6) is 0 Å². The maximum Gasteiger partial charge on any atom is 0.00620 e. The molecule has 0 spiro atoms. The molecule has 0 saturated carbocycles. The number of rotatable bonds is 6. The maximum absolute atomic E-state index is 3.63. The molecule has 0 radical (unpaired) electrons. The molecule has 1 aromatic carbocycles. The van der Waals surface area contributed by atoms with Gasteiger partial charge in [-0.3, -0.25) is 0 Å². The molecule has 0 heterocycles. The van der Waals surface area contributed by atoms with Gasteiger partial charge < -0.3 is 5.32 Å². The average molecular weight is 219 g/mol. The summed E-state index contributed by atoms with van der Waals surface area (Å²) in [5, 5.41) is 3.63. The van der Waals surface area contributed by atoms with E-state index >= 15 is 0 Å². The van der Waals surface area contributed by atoms with Crippen LogP contribution in [-0.4, -0.2) is 12.6 Å². The molecule has 1 atom stereocenters. The van der Waals surface area contributed by atoms with Gasteiger partial charge in [-0.2, -0.15) is 0 Å². The first-order chi connectivity index (χ1) is 7.67. The van der Waals surface area contributed by atoms with Gasteiger partial charge in [0.2, 0.25) is 0 Å². The molecule has 1 rings (SSSR count). The molecule has 1 aromatic rings. The summed E-state index contributed by atoms with van der Waals surface area (Å²) < 4.78 is 0. The second-order valence-electron chi connectivity index (χ2n) is 4.73. The normalized spacial score (nSPS) is 13.1. The predicted octanol–water partition coefficient (Wildman–Crippen LogP) is 3.88. The molecule has 1 unspecified atom stereocenters. The number of benzene rings is 1. The molecule has 0 amide bonds. The number of nitrogens with one attached hydrogen (secondary N) is 1. The Morgan fingerprint density at radius 2 is 1.62 bits per heavy atom. The van der Waals surface area contributed by atoms with Crippen molar-refractivity contribution in [3.8, 4) is 0 Å². The Labute approximate surface area is 100 Å². The van der Waals surface area contributed by atoms with Crippen LogP contribution >= 0.6 is 0 Å². The van der Waals surface area contributed by atoms with E-state index in [0.717, 1.165) is 6.54 Å². The fourth-order valence-corrected chi connectivity index (χ4v) is 1.93. The van der Waals surface area contributed by atoms with E-state index in [-0.39, 0.29) is 0 Å². The minimum absolute atomic E-state index is 0.598. The van der Waals surface area contributed by atoms with Crippen molar-refractivity contribution in [1.29, 1.82) is 0 Å². The van der Waals surface area contributed by atoms with Gasteiger partial charge in [-0.1, -0.05) is 50.6 Å². The molecule has 90 valence electrons. The molecular weight excluding hydrogens is 194 g/mol. The lowest BCUT2D eigenvalue weighted by molar-refractivity contribution is 0.467. The van der Waals surface area contributed by atoms with Crippen molar-refractivity contribution in [2.24, 2.45) is 0 Å². The first-order valence-electron chi connectivity index (χ1n) is 6.47. The summed E-state index contributed by atoms with van der Waals surface area (Å²) in [4.78, 5) is 0. The molecule has 1 N–H and O–H groups in total. The average Bonchev–Trinajstić information content (AvgIpc) is 2.31. The van der Waals surface area contributed by atoms with Gasteiger partial charge in [0.05, 0.1) is 0 Å². The first-order valence-corrected chi connectivity index (χ1v) is 6.47. The largest absolute Gasteiger partial charge is 0.313 e. The van der Waals surface area contributed by atoms with Crippen LogP contribution in [0.4, 0.5) is 0 Å². The predicted molar refractivity (Wildman–Crippen MR) is 72.0 cm³/mol. The van der Waals surface area contributed by atoms with Gasteiger partial charge in [0.15, 0.2) is 0 Å². The van der Waals surface area contributed by atoms with E-state index in [9.17, 15) is 0 Å². The fraction of sp³-hybridized carbons (Fsp3) is 0.600. The second-order valence-corrected chi connectivity index (χ2v) is 4.73. The summed E-state index contributed by atoms with van der Waals surface area (Å²) in [5.41, 5.74) is 2.77. The zero-order chi connectivity index (χ0) is 12.0. The molecule has 0 saturated heterocycles. The third kappa shape index (κ3) is 3.97. The molecule has 0 aliphatic heterocycles. The van der Waals surface area contributed by atoms with E-state index in [0.29, 0.717) is 12.0 Å². The maximum atomic E-state index is 3.63. The smallest absolute Gasteiger partial charge is 0.00620 e. The summed E-state index contributed by atoms with van der Waals surface area (Å²) in [5.74, 6) is 0.598. The lowest BCUT2D eigenvalue weighted by Crippen LogP contribution is -2.30. The molecule has 0 aliphatic carbocycles. The summed E-state index contributed by atoms with van der Waals surface area (Å²) >= 11 is 0. The van der Waals surface area contributed by atoms with Crippen LogP contribution in [0.1, 0.15) is 50.7 Å². The number of hydrogen-bond donors (Lipinski definition) is 1. The van der Waals surface area contributed by atoms with Crippen molar-refractivity contribution in [1.82, 2.24) is 5.32 Å². The standard InChI is InChI=1S/C15H25N/c1-5-15(6-2)16-11-13(4)14-9-7-12(3)8-10-14/h7-10,13,15-16H,5-6,11H2,1-4H3. The Bertz CT molecular complexity index is 285. The van der Waals surface area contributed by atoms with Crippen molar-refractivity contribution < 1.29 is 0 Å². The van der Waals surface area contributed by atoms with E-state index in [1.165, 1.54) is 24.0 Å². The highest BCUT2D eigenvalue weighted by Crippen LogP contribution is 2.15. The Morgan fingerprint density at radius 3 is 2.12 bits per heavy atom. The Balaban J connectivity index is 2.46. The topological polar surface area (TPSA) is 12.0 Å². The summed E-state index contributed by atoms with van der Waals surface area (Å²) in [6.45, 7) is 10.0. The minimum Gasteiger partial charge on any atom is -0.313 e. The number of hydrogen-bond acceptors (Lipinski definition) is 1. The van der Waals surface area contributed by atoms with Crippen LogP contribution in [0, 0.1) is 6.92 Å². The SMILES string of the molecule is CCC(CC)NCC(C)c1ccc(C)cc1. The van der Waals surface area contributed by atoms with Gasteiger partial charge in [-0.05, 0) is 31.2 Å². The van der Waals surface area contributed by atoms with Crippen LogP contribution in [0.3, 0.4) is 0 Å². The van der Waals surface area contributed by atoms with Gasteiger partial charge in [-0.15, -0.1) is 0 Å². The highest BCUT2D eigenvalue weighted by atomic mass is 14.9. The molecular formula is C15H25N. The van der Waals surface area contributed by atoms with Crippen molar-refractivity contribution in [3.05, 3.63) is 35.4 Å². The molecule has 0 aliphatic rings. The van der Waals surface area contributed by atoms with Crippen LogP contribution < -0.4 is 5.32 Å². The van der Waals surface area contributed by atoms with Crippen molar-refractivity contribution in [2.75, 3.05) is 6.54 Å². The van der Waals surface area contributed by atoms with E-state index < -0.39 is 0 Å². The van der Waals surface area contributed by atoms with Gasteiger partial charge in [0.25, 0.3) is 0 Å². The lowest BCUT2D eigenvalue weighted by Gasteiger charge is -2.19. The summed E-state index contributed by atoms with van der Waals surface area (Å²) in [7, 11) is 0. The lowest BCUT2D eigenvalue weighted by atomic mass is 9.99. The van der Waals surface area contributed by atoms with Crippen molar-refractivity contribution in [2.45, 2.75) is 52.5 Å². The van der Waals surface area contributed by atoms with E-state index in [2.05, 4.69) is 57.3 Å². The van der Waals surface area contributed by atoms with Gasteiger partial charge >= 0.3 is 0 Å². The highest BCUT2D eigenvalue weighted by Gasteiger charge is 2.07. The Kier molecular flexibility index (Phi) is 5.54.